The highest BCUT2D eigenvalue weighted by atomic mass is 32.2. The number of hydrogen-bond donors (Lipinski definition) is 3. The highest BCUT2D eigenvalue weighted by Gasteiger charge is 2.37. The summed E-state index contributed by atoms with van der Waals surface area (Å²) in [7, 11) is -3.15. The first-order valence-electron chi connectivity index (χ1n) is 10.9. The third kappa shape index (κ3) is 4.20. The van der Waals surface area contributed by atoms with Gasteiger partial charge in [-0.1, -0.05) is 6.07 Å². The standard InChI is InChI=1S/C22H25N5O4S/c28-21(29)18-2-1-3-19-17(18)11-13-27(19)20-10-12-23-22(25-20)24-14-4-6-15(7-5-14)26-32(30,31)16-8-9-16/h1-3,10-16,26H,4-9H2,(H,28,29)(H,23,24,25). The summed E-state index contributed by atoms with van der Waals surface area (Å²) in [5.41, 5.74) is 1.01. The topological polar surface area (TPSA) is 126 Å². The Morgan fingerprint density at radius 2 is 1.78 bits per heavy atom. The van der Waals surface area contributed by atoms with Crippen LogP contribution in [0, 0.1) is 0 Å². The summed E-state index contributed by atoms with van der Waals surface area (Å²) in [5.74, 6) is 0.181. The largest absolute Gasteiger partial charge is 0.478 e. The van der Waals surface area contributed by atoms with E-state index in [0.717, 1.165) is 44.0 Å². The number of anilines is 1. The van der Waals surface area contributed by atoms with Crippen LogP contribution in [-0.4, -0.2) is 51.4 Å². The first kappa shape index (κ1) is 20.9. The normalized spacial score (nSPS) is 21.5. The number of aromatic nitrogens is 3. The molecule has 168 valence electrons. The molecule has 3 N–H and O–H groups in total. The summed E-state index contributed by atoms with van der Waals surface area (Å²) >= 11 is 0. The molecule has 0 radical (unpaired) electrons. The van der Waals surface area contributed by atoms with Gasteiger partial charge in [-0.2, -0.15) is 4.98 Å². The molecule has 0 aliphatic heterocycles. The highest BCUT2D eigenvalue weighted by molar-refractivity contribution is 7.90. The molecule has 2 aliphatic carbocycles. The summed E-state index contributed by atoms with van der Waals surface area (Å²) in [4.78, 5) is 20.5. The lowest BCUT2D eigenvalue weighted by Crippen LogP contribution is -2.41. The number of nitrogens with one attached hydrogen (secondary N) is 2. The first-order valence-corrected chi connectivity index (χ1v) is 12.4. The second kappa shape index (κ2) is 8.18. The molecule has 2 saturated carbocycles. The lowest BCUT2D eigenvalue weighted by Gasteiger charge is -2.29. The molecule has 2 aromatic heterocycles. The molecule has 2 fully saturated rings. The number of fused-ring (bicyclic) bond motifs is 1. The van der Waals surface area contributed by atoms with Gasteiger partial charge in [0, 0.05) is 29.9 Å². The van der Waals surface area contributed by atoms with Crippen LogP contribution in [0.15, 0.2) is 42.7 Å². The van der Waals surface area contributed by atoms with E-state index in [0.29, 0.717) is 17.2 Å². The summed E-state index contributed by atoms with van der Waals surface area (Å²) < 4.78 is 29.0. The van der Waals surface area contributed by atoms with Crippen LogP contribution in [0.2, 0.25) is 0 Å². The van der Waals surface area contributed by atoms with E-state index in [1.807, 2.05) is 10.6 Å². The van der Waals surface area contributed by atoms with Crippen LogP contribution in [0.5, 0.6) is 0 Å². The molecule has 2 aliphatic rings. The van der Waals surface area contributed by atoms with Crippen LogP contribution in [0.1, 0.15) is 48.9 Å². The van der Waals surface area contributed by atoms with E-state index in [1.54, 1.807) is 36.7 Å². The average Bonchev–Trinajstić information content (AvgIpc) is 3.55. The molecule has 1 aromatic carbocycles. The van der Waals surface area contributed by atoms with Gasteiger partial charge in [0.15, 0.2) is 0 Å². The van der Waals surface area contributed by atoms with Gasteiger partial charge < -0.3 is 15.0 Å². The van der Waals surface area contributed by atoms with Gasteiger partial charge in [-0.3, -0.25) is 0 Å². The molecule has 10 heteroatoms. The maximum absolute atomic E-state index is 12.2. The van der Waals surface area contributed by atoms with Gasteiger partial charge in [0.05, 0.1) is 16.3 Å². The lowest BCUT2D eigenvalue weighted by molar-refractivity contribution is 0.0699. The minimum absolute atomic E-state index is 0.000530. The molecule has 32 heavy (non-hydrogen) atoms. The Bertz CT molecular complexity index is 1260. The van der Waals surface area contributed by atoms with E-state index in [-0.39, 0.29) is 22.9 Å². The van der Waals surface area contributed by atoms with Gasteiger partial charge >= 0.3 is 5.97 Å². The van der Waals surface area contributed by atoms with Crippen molar-refractivity contribution in [3.63, 3.8) is 0 Å². The fraction of sp³-hybridized carbons (Fsp3) is 0.409. The molecule has 0 saturated heterocycles. The van der Waals surface area contributed by atoms with Crippen LogP contribution in [0.25, 0.3) is 16.7 Å². The zero-order valence-corrected chi connectivity index (χ0v) is 18.3. The number of rotatable bonds is 7. The summed E-state index contributed by atoms with van der Waals surface area (Å²) in [6, 6.07) is 8.90. The molecule has 0 amide bonds. The molecule has 3 aromatic rings. The Morgan fingerprint density at radius 3 is 2.50 bits per heavy atom. The number of carbonyl (C=O) groups is 1. The average molecular weight is 456 g/mol. The van der Waals surface area contributed by atoms with Crippen molar-refractivity contribution >= 4 is 32.8 Å². The van der Waals surface area contributed by atoms with Crippen LogP contribution < -0.4 is 10.0 Å². The number of aromatic carboxylic acids is 1. The second-order valence-electron chi connectivity index (χ2n) is 8.52. The lowest BCUT2D eigenvalue weighted by atomic mass is 9.92. The fourth-order valence-corrected chi connectivity index (χ4v) is 6.00. The van der Waals surface area contributed by atoms with Crippen molar-refractivity contribution in [3.05, 3.63) is 48.3 Å². The van der Waals surface area contributed by atoms with Crippen molar-refractivity contribution in [2.75, 3.05) is 5.32 Å². The number of carboxylic acid groups (broad SMARTS) is 1. The number of hydrogen-bond acceptors (Lipinski definition) is 6. The van der Waals surface area contributed by atoms with E-state index in [2.05, 4.69) is 20.0 Å². The van der Waals surface area contributed by atoms with Crippen molar-refractivity contribution in [2.24, 2.45) is 0 Å². The van der Waals surface area contributed by atoms with Crippen molar-refractivity contribution in [2.45, 2.75) is 55.9 Å². The summed E-state index contributed by atoms with van der Waals surface area (Å²) in [6.07, 6.45) is 8.25. The SMILES string of the molecule is O=C(O)c1cccc2c1ccn2-c1ccnc(NC2CCC(NS(=O)(=O)C3CC3)CC2)n1. The first-order chi connectivity index (χ1) is 15.4. The van der Waals surface area contributed by atoms with Gasteiger partial charge in [0.25, 0.3) is 0 Å². The summed E-state index contributed by atoms with van der Waals surface area (Å²) in [6.45, 7) is 0. The minimum atomic E-state index is -3.15. The second-order valence-corrected chi connectivity index (χ2v) is 10.5. The van der Waals surface area contributed by atoms with Gasteiger partial charge in [-0.25, -0.2) is 22.9 Å². The molecule has 0 spiro atoms. The Balaban J connectivity index is 1.27. The monoisotopic (exact) mass is 455 g/mol. The molecular formula is C22H25N5O4S. The van der Waals surface area contributed by atoms with E-state index < -0.39 is 16.0 Å². The molecular weight excluding hydrogens is 430 g/mol. The van der Waals surface area contributed by atoms with E-state index >= 15 is 0 Å². The fourth-order valence-electron chi connectivity index (χ4n) is 4.35. The highest BCUT2D eigenvalue weighted by Crippen LogP contribution is 2.30. The van der Waals surface area contributed by atoms with Gasteiger partial charge in [0.1, 0.15) is 5.82 Å². The number of carboxylic acids is 1. The molecule has 0 unspecified atom stereocenters. The number of sulfonamides is 1. The maximum Gasteiger partial charge on any atom is 0.336 e. The van der Waals surface area contributed by atoms with E-state index in [1.165, 1.54) is 0 Å². The van der Waals surface area contributed by atoms with E-state index in [9.17, 15) is 18.3 Å². The van der Waals surface area contributed by atoms with Crippen LogP contribution >= 0.6 is 0 Å². The predicted octanol–water partition coefficient (Wildman–Crippen LogP) is 2.92. The Hall–Kier alpha value is -2.98. The minimum Gasteiger partial charge on any atom is -0.478 e. The van der Waals surface area contributed by atoms with Gasteiger partial charge in [0.2, 0.25) is 16.0 Å². The van der Waals surface area contributed by atoms with Crippen LogP contribution in [0.3, 0.4) is 0 Å². The van der Waals surface area contributed by atoms with E-state index in [4.69, 9.17) is 0 Å². The van der Waals surface area contributed by atoms with Crippen molar-refractivity contribution < 1.29 is 18.3 Å². The van der Waals surface area contributed by atoms with Crippen molar-refractivity contribution in [3.8, 4) is 5.82 Å². The van der Waals surface area contributed by atoms with Crippen molar-refractivity contribution in [1.29, 1.82) is 0 Å². The number of nitrogens with zero attached hydrogens (tertiary/aromatic N) is 3. The molecule has 9 nitrogen and oxygen atoms in total. The molecule has 0 bridgehead atoms. The van der Waals surface area contributed by atoms with Crippen molar-refractivity contribution in [1.82, 2.24) is 19.3 Å². The Morgan fingerprint density at radius 1 is 1.03 bits per heavy atom. The third-order valence-electron chi connectivity index (χ3n) is 6.21. The molecule has 0 atom stereocenters. The third-order valence-corrected chi connectivity index (χ3v) is 8.22. The van der Waals surface area contributed by atoms with Crippen LogP contribution in [-0.2, 0) is 10.0 Å². The predicted molar refractivity (Wildman–Crippen MR) is 121 cm³/mol. The molecule has 2 heterocycles. The Kier molecular flexibility index (Phi) is 5.34. The zero-order chi connectivity index (χ0) is 22.3. The Labute approximate surface area is 185 Å². The smallest absolute Gasteiger partial charge is 0.336 e. The quantitative estimate of drug-likeness (QED) is 0.500. The molecule has 5 rings (SSSR count). The maximum atomic E-state index is 12.2. The zero-order valence-electron chi connectivity index (χ0n) is 17.4. The van der Waals surface area contributed by atoms with Gasteiger partial charge in [-0.05, 0) is 62.8 Å². The van der Waals surface area contributed by atoms with Gasteiger partial charge in [-0.15, -0.1) is 0 Å². The summed E-state index contributed by atoms with van der Waals surface area (Å²) in [5, 5.41) is 13.3. The van der Waals surface area contributed by atoms with Crippen LogP contribution in [0.4, 0.5) is 5.95 Å². The number of benzene rings is 1.